The first-order chi connectivity index (χ1) is 8.63. The van der Waals surface area contributed by atoms with E-state index in [9.17, 15) is 9.18 Å². The summed E-state index contributed by atoms with van der Waals surface area (Å²) in [5.74, 6) is -0.154. The second-order valence-electron chi connectivity index (χ2n) is 4.62. The summed E-state index contributed by atoms with van der Waals surface area (Å²) in [6.07, 6.45) is 1.55. The van der Waals surface area contributed by atoms with Crippen molar-refractivity contribution in [1.29, 1.82) is 5.26 Å². The SMILES string of the molecule is CC(=O)C1CCN(c2cccc(F)c2C#N)CC1. The van der Waals surface area contributed by atoms with Crippen LogP contribution in [0.4, 0.5) is 10.1 Å². The molecule has 1 aromatic rings. The van der Waals surface area contributed by atoms with E-state index >= 15 is 0 Å². The molecule has 1 saturated heterocycles. The fourth-order valence-corrected chi connectivity index (χ4v) is 2.41. The molecule has 1 fully saturated rings. The van der Waals surface area contributed by atoms with Crippen molar-refractivity contribution in [2.75, 3.05) is 18.0 Å². The van der Waals surface area contributed by atoms with Crippen molar-refractivity contribution < 1.29 is 9.18 Å². The molecular formula is C14H15FN2O. The van der Waals surface area contributed by atoms with Crippen LogP contribution in [0.2, 0.25) is 0 Å². The average molecular weight is 246 g/mol. The molecule has 18 heavy (non-hydrogen) atoms. The standard InChI is InChI=1S/C14H15FN2O/c1-10(18)11-5-7-17(8-6-11)14-4-2-3-13(15)12(14)9-16/h2-4,11H,5-8H2,1H3. The van der Waals surface area contributed by atoms with Gasteiger partial charge >= 0.3 is 0 Å². The highest BCUT2D eigenvalue weighted by molar-refractivity contribution is 5.78. The van der Waals surface area contributed by atoms with Crippen molar-refractivity contribution in [3.63, 3.8) is 0 Å². The quantitative estimate of drug-likeness (QED) is 0.805. The zero-order valence-electron chi connectivity index (χ0n) is 10.3. The first kappa shape index (κ1) is 12.6. The van der Waals surface area contributed by atoms with E-state index in [1.165, 1.54) is 6.07 Å². The van der Waals surface area contributed by atoms with Gasteiger partial charge in [0.25, 0.3) is 0 Å². The van der Waals surface area contributed by atoms with Gasteiger partial charge in [0.15, 0.2) is 0 Å². The summed E-state index contributed by atoms with van der Waals surface area (Å²) in [5, 5.41) is 9.00. The normalized spacial score (nSPS) is 16.4. The lowest BCUT2D eigenvalue weighted by Gasteiger charge is -2.33. The van der Waals surface area contributed by atoms with Gasteiger partial charge in [-0.25, -0.2) is 4.39 Å². The fourth-order valence-electron chi connectivity index (χ4n) is 2.41. The van der Waals surface area contributed by atoms with E-state index in [0.29, 0.717) is 18.8 Å². The van der Waals surface area contributed by atoms with Crippen LogP contribution in [0.5, 0.6) is 0 Å². The number of nitriles is 1. The first-order valence-corrected chi connectivity index (χ1v) is 6.07. The van der Waals surface area contributed by atoms with Gasteiger partial charge in [0.05, 0.1) is 5.69 Å². The van der Waals surface area contributed by atoms with Gasteiger partial charge in [0.1, 0.15) is 23.2 Å². The molecular weight excluding hydrogens is 231 g/mol. The lowest BCUT2D eigenvalue weighted by Crippen LogP contribution is -2.36. The van der Waals surface area contributed by atoms with Crippen molar-refractivity contribution in [2.24, 2.45) is 5.92 Å². The third-order valence-corrected chi connectivity index (χ3v) is 3.51. The Kier molecular flexibility index (Phi) is 3.61. The van der Waals surface area contributed by atoms with Crippen LogP contribution in [0.3, 0.4) is 0 Å². The molecule has 1 aliphatic rings. The molecule has 3 nitrogen and oxygen atoms in total. The Balaban J connectivity index is 2.18. The van der Waals surface area contributed by atoms with Gasteiger partial charge in [-0.15, -0.1) is 0 Å². The molecule has 94 valence electrons. The van der Waals surface area contributed by atoms with E-state index < -0.39 is 5.82 Å². The van der Waals surface area contributed by atoms with Crippen LogP contribution in [-0.2, 0) is 4.79 Å². The summed E-state index contributed by atoms with van der Waals surface area (Å²) in [5.41, 5.74) is 0.735. The van der Waals surface area contributed by atoms with Gasteiger partial charge in [0, 0.05) is 19.0 Å². The van der Waals surface area contributed by atoms with E-state index in [2.05, 4.69) is 0 Å². The van der Waals surface area contributed by atoms with Crippen LogP contribution >= 0.6 is 0 Å². The number of carbonyl (C=O) groups is 1. The van der Waals surface area contributed by atoms with Crippen molar-refractivity contribution in [3.05, 3.63) is 29.6 Å². The van der Waals surface area contributed by atoms with E-state index in [4.69, 9.17) is 5.26 Å². The number of Topliss-reactive ketones (excluding diaryl/α,β-unsaturated/α-hetero) is 1. The summed E-state index contributed by atoms with van der Waals surface area (Å²) in [4.78, 5) is 13.3. The molecule has 0 aromatic heterocycles. The minimum atomic E-state index is -0.483. The smallest absolute Gasteiger partial charge is 0.143 e. The Labute approximate surface area is 106 Å². The molecule has 0 amide bonds. The number of halogens is 1. The Morgan fingerprint density at radius 1 is 1.44 bits per heavy atom. The van der Waals surface area contributed by atoms with Crippen LogP contribution in [0.25, 0.3) is 0 Å². The van der Waals surface area contributed by atoms with Gasteiger partial charge in [-0.1, -0.05) is 6.07 Å². The maximum atomic E-state index is 13.5. The van der Waals surface area contributed by atoms with Crippen LogP contribution < -0.4 is 4.90 Å². The van der Waals surface area contributed by atoms with Crippen molar-refractivity contribution >= 4 is 11.5 Å². The number of piperidine rings is 1. The van der Waals surface area contributed by atoms with Gasteiger partial charge in [0.2, 0.25) is 0 Å². The number of anilines is 1. The molecule has 4 heteroatoms. The molecule has 1 aliphatic heterocycles. The van der Waals surface area contributed by atoms with Gasteiger partial charge in [-0.3, -0.25) is 4.79 Å². The second kappa shape index (κ2) is 5.18. The van der Waals surface area contributed by atoms with E-state index in [1.54, 1.807) is 19.1 Å². The highest BCUT2D eigenvalue weighted by Gasteiger charge is 2.24. The van der Waals surface area contributed by atoms with Gasteiger partial charge < -0.3 is 4.90 Å². The van der Waals surface area contributed by atoms with Gasteiger partial charge in [-0.2, -0.15) is 5.26 Å². The third kappa shape index (κ3) is 2.35. The second-order valence-corrected chi connectivity index (χ2v) is 4.62. The highest BCUT2D eigenvalue weighted by atomic mass is 19.1. The van der Waals surface area contributed by atoms with Crippen molar-refractivity contribution in [2.45, 2.75) is 19.8 Å². The lowest BCUT2D eigenvalue weighted by molar-refractivity contribution is -0.121. The molecule has 0 aliphatic carbocycles. The molecule has 0 saturated carbocycles. The maximum Gasteiger partial charge on any atom is 0.143 e. The van der Waals surface area contributed by atoms with Crippen molar-refractivity contribution in [3.8, 4) is 6.07 Å². The third-order valence-electron chi connectivity index (χ3n) is 3.51. The molecule has 1 aromatic carbocycles. The average Bonchev–Trinajstić information content (AvgIpc) is 2.38. The minimum Gasteiger partial charge on any atom is -0.370 e. The summed E-state index contributed by atoms with van der Waals surface area (Å²) < 4.78 is 13.5. The summed E-state index contributed by atoms with van der Waals surface area (Å²) >= 11 is 0. The summed E-state index contributed by atoms with van der Waals surface area (Å²) in [6, 6.07) is 6.58. The number of ketones is 1. The molecule has 0 spiro atoms. The fraction of sp³-hybridized carbons (Fsp3) is 0.429. The number of carbonyl (C=O) groups excluding carboxylic acids is 1. The molecule has 1 heterocycles. The maximum absolute atomic E-state index is 13.5. The van der Waals surface area contributed by atoms with Crippen LogP contribution in [0.1, 0.15) is 25.3 Å². The van der Waals surface area contributed by atoms with E-state index in [-0.39, 0.29) is 17.3 Å². The predicted molar refractivity (Wildman–Crippen MR) is 66.7 cm³/mol. The molecule has 0 atom stereocenters. The number of benzene rings is 1. The number of hydrogen-bond acceptors (Lipinski definition) is 3. The number of nitrogens with zero attached hydrogens (tertiary/aromatic N) is 2. The zero-order valence-corrected chi connectivity index (χ0v) is 10.3. The molecule has 2 rings (SSSR count). The van der Waals surface area contributed by atoms with E-state index in [1.807, 2.05) is 11.0 Å². The van der Waals surface area contributed by atoms with Crippen LogP contribution in [-0.4, -0.2) is 18.9 Å². The summed E-state index contributed by atoms with van der Waals surface area (Å²) in [7, 11) is 0. The summed E-state index contributed by atoms with van der Waals surface area (Å²) in [6.45, 7) is 3.01. The Morgan fingerprint density at radius 2 is 2.11 bits per heavy atom. The van der Waals surface area contributed by atoms with Crippen LogP contribution in [0.15, 0.2) is 18.2 Å². The highest BCUT2D eigenvalue weighted by Crippen LogP contribution is 2.27. The molecule has 0 radical (unpaired) electrons. The minimum absolute atomic E-state index is 0.0961. The Bertz CT molecular complexity index is 499. The number of hydrogen-bond donors (Lipinski definition) is 0. The van der Waals surface area contributed by atoms with Gasteiger partial charge in [-0.05, 0) is 31.9 Å². The van der Waals surface area contributed by atoms with Crippen LogP contribution in [0, 0.1) is 23.1 Å². The topological polar surface area (TPSA) is 44.1 Å². The zero-order chi connectivity index (χ0) is 13.1. The predicted octanol–water partition coefficient (Wildman–Crippen LogP) is 2.50. The lowest BCUT2D eigenvalue weighted by atomic mass is 9.93. The monoisotopic (exact) mass is 246 g/mol. The molecule has 0 unspecified atom stereocenters. The van der Waals surface area contributed by atoms with E-state index in [0.717, 1.165) is 12.8 Å². The van der Waals surface area contributed by atoms with Crippen molar-refractivity contribution in [1.82, 2.24) is 0 Å². The largest absolute Gasteiger partial charge is 0.370 e. The Morgan fingerprint density at radius 3 is 2.67 bits per heavy atom. The Hall–Kier alpha value is -1.89. The number of rotatable bonds is 2. The molecule has 0 bridgehead atoms. The molecule has 0 N–H and O–H groups in total. The first-order valence-electron chi connectivity index (χ1n) is 6.07.